The minimum Gasteiger partial charge on any atom is -0.494 e. The Hall–Kier alpha value is -1.02. The van der Waals surface area contributed by atoms with E-state index in [2.05, 4.69) is 36.5 Å². The number of hydrogen-bond acceptors (Lipinski definition) is 2. The van der Waals surface area contributed by atoms with Crippen LogP contribution < -0.4 is 10.1 Å². The number of aryl methyl sites for hydroxylation is 1. The number of benzene rings is 1. The third-order valence-corrected chi connectivity index (χ3v) is 3.96. The van der Waals surface area contributed by atoms with Crippen LogP contribution >= 0.6 is 0 Å². The molecule has 0 aromatic heterocycles. The Morgan fingerprint density at radius 1 is 1.11 bits per heavy atom. The molecule has 2 rings (SSSR count). The van der Waals surface area contributed by atoms with E-state index in [1.54, 1.807) is 0 Å². The smallest absolute Gasteiger partial charge is 0.119 e. The van der Waals surface area contributed by atoms with Gasteiger partial charge in [-0.2, -0.15) is 0 Å². The average molecular weight is 261 g/mol. The Balaban J connectivity index is 1.55. The number of rotatable bonds is 7. The van der Waals surface area contributed by atoms with Gasteiger partial charge in [0, 0.05) is 6.04 Å². The van der Waals surface area contributed by atoms with Crippen molar-refractivity contribution in [1.29, 1.82) is 0 Å². The van der Waals surface area contributed by atoms with Crippen molar-refractivity contribution >= 4 is 0 Å². The zero-order valence-electron chi connectivity index (χ0n) is 12.2. The van der Waals surface area contributed by atoms with Gasteiger partial charge < -0.3 is 10.1 Å². The molecule has 1 aliphatic rings. The van der Waals surface area contributed by atoms with Crippen molar-refractivity contribution in [2.45, 2.75) is 57.9 Å². The monoisotopic (exact) mass is 261 g/mol. The van der Waals surface area contributed by atoms with E-state index in [9.17, 15) is 0 Å². The van der Waals surface area contributed by atoms with Gasteiger partial charge in [0.1, 0.15) is 5.75 Å². The molecule has 2 heteroatoms. The summed E-state index contributed by atoms with van der Waals surface area (Å²) >= 11 is 0. The van der Waals surface area contributed by atoms with E-state index in [1.165, 1.54) is 37.7 Å². The van der Waals surface area contributed by atoms with Gasteiger partial charge in [-0.3, -0.25) is 0 Å². The van der Waals surface area contributed by atoms with Crippen LogP contribution in [0, 0.1) is 0 Å². The summed E-state index contributed by atoms with van der Waals surface area (Å²) in [4.78, 5) is 0. The maximum absolute atomic E-state index is 5.75. The number of hydrogen-bond donors (Lipinski definition) is 1. The van der Waals surface area contributed by atoms with Crippen molar-refractivity contribution in [3.05, 3.63) is 29.8 Å². The van der Waals surface area contributed by atoms with E-state index >= 15 is 0 Å². The second-order valence-electron chi connectivity index (χ2n) is 5.49. The molecular formula is C17H27NO. The Labute approximate surface area is 117 Å². The van der Waals surface area contributed by atoms with E-state index in [0.717, 1.165) is 37.8 Å². The fraction of sp³-hybridized carbons (Fsp3) is 0.647. The third-order valence-electron chi connectivity index (χ3n) is 3.96. The van der Waals surface area contributed by atoms with Crippen LogP contribution in [0.3, 0.4) is 0 Å². The minimum absolute atomic E-state index is 0.762. The average Bonchev–Trinajstić information content (AvgIpc) is 2.49. The Morgan fingerprint density at radius 3 is 2.53 bits per heavy atom. The van der Waals surface area contributed by atoms with E-state index < -0.39 is 0 Å². The van der Waals surface area contributed by atoms with Crippen LogP contribution in [0.4, 0.5) is 0 Å². The second-order valence-corrected chi connectivity index (χ2v) is 5.49. The topological polar surface area (TPSA) is 21.3 Å². The summed E-state index contributed by atoms with van der Waals surface area (Å²) in [7, 11) is 0. The summed E-state index contributed by atoms with van der Waals surface area (Å²) in [5.74, 6) is 0.995. The standard InChI is InChI=1S/C17H27NO/c1-2-15-9-11-17(12-10-15)19-14-6-13-18-16-7-4-3-5-8-16/h9-12,16,18H,2-8,13-14H2,1H3. The van der Waals surface area contributed by atoms with Crippen molar-refractivity contribution in [3.63, 3.8) is 0 Å². The normalized spacial score (nSPS) is 16.5. The molecule has 0 unspecified atom stereocenters. The lowest BCUT2D eigenvalue weighted by Crippen LogP contribution is -2.32. The fourth-order valence-corrected chi connectivity index (χ4v) is 2.70. The Bertz CT molecular complexity index is 341. The zero-order valence-corrected chi connectivity index (χ0v) is 12.2. The van der Waals surface area contributed by atoms with Gasteiger partial charge in [0.25, 0.3) is 0 Å². The van der Waals surface area contributed by atoms with E-state index in [-0.39, 0.29) is 0 Å². The van der Waals surface area contributed by atoms with E-state index in [0.29, 0.717) is 0 Å². The highest BCUT2D eigenvalue weighted by Crippen LogP contribution is 2.17. The molecule has 1 aromatic carbocycles. The SMILES string of the molecule is CCc1ccc(OCCCNC2CCCCC2)cc1. The molecule has 0 bridgehead atoms. The molecule has 0 spiro atoms. The van der Waals surface area contributed by atoms with Crippen LogP contribution in [0.15, 0.2) is 24.3 Å². The molecule has 0 radical (unpaired) electrons. The minimum atomic E-state index is 0.762. The highest BCUT2D eigenvalue weighted by molar-refractivity contribution is 5.27. The Morgan fingerprint density at radius 2 is 1.84 bits per heavy atom. The van der Waals surface area contributed by atoms with Crippen molar-refractivity contribution in [2.24, 2.45) is 0 Å². The second kappa shape index (κ2) is 8.21. The van der Waals surface area contributed by atoms with Crippen LogP contribution in [0.25, 0.3) is 0 Å². The summed E-state index contributed by atoms with van der Waals surface area (Å²) in [6.07, 6.45) is 9.13. The van der Waals surface area contributed by atoms with E-state index in [1.807, 2.05) is 0 Å². The maximum atomic E-state index is 5.75. The van der Waals surface area contributed by atoms with Gasteiger partial charge in [0.05, 0.1) is 6.61 Å². The predicted octanol–water partition coefficient (Wildman–Crippen LogP) is 3.94. The van der Waals surface area contributed by atoms with Gasteiger partial charge in [-0.25, -0.2) is 0 Å². The lowest BCUT2D eigenvalue weighted by molar-refractivity contribution is 0.297. The first-order valence-electron chi connectivity index (χ1n) is 7.83. The number of nitrogens with one attached hydrogen (secondary N) is 1. The molecule has 0 saturated heterocycles. The summed E-state index contributed by atoms with van der Waals surface area (Å²) in [5, 5.41) is 3.65. The fourth-order valence-electron chi connectivity index (χ4n) is 2.70. The van der Waals surface area contributed by atoms with Crippen LogP contribution in [-0.2, 0) is 6.42 Å². The first-order chi connectivity index (χ1) is 9.38. The van der Waals surface area contributed by atoms with Gasteiger partial charge in [-0.1, -0.05) is 38.3 Å². The molecule has 0 amide bonds. The maximum Gasteiger partial charge on any atom is 0.119 e. The molecular weight excluding hydrogens is 234 g/mol. The van der Waals surface area contributed by atoms with Gasteiger partial charge in [0.15, 0.2) is 0 Å². The molecule has 1 N–H and O–H groups in total. The Kier molecular flexibility index (Phi) is 6.22. The largest absolute Gasteiger partial charge is 0.494 e. The molecule has 1 saturated carbocycles. The quantitative estimate of drug-likeness (QED) is 0.751. The molecule has 19 heavy (non-hydrogen) atoms. The van der Waals surface area contributed by atoms with Crippen LogP contribution in [0.2, 0.25) is 0 Å². The highest BCUT2D eigenvalue weighted by atomic mass is 16.5. The molecule has 0 heterocycles. The lowest BCUT2D eigenvalue weighted by Gasteiger charge is -2.22. The lowest BCUT2D eigenvalue weighted by atomic mass is 9.95. The van der Waals surface area contributed by atoms with Crippen molar-refractivity contribution in [2.75, 3.05) is 13.2 Å². The van der Waals surface area contributed by atoms with E-state index in [4.69, 9.17) is 4.74 Å². The first kappa shape index (κ1) is 14.4. The summed E-state index contributed by atoms with van der Waals surface area (Å²) in [5.41, 5.74) is 1.37. The van der Waals surface area contributed by atoms with Crippen LogP contribution in [-0.4, -0.2) is 19.2 Å². The molecule has 1 fully saturated rings. The molecule has 1 aromatic rings. The van der Waals surface area contributed by atoms with Crippen molar-refractivity contribution in [3.8, 4) is 5.75 Å². The van der Waals surface area contributed by atoms with Gasteiger partial charge >= 0.3 is 0 Å². The molecule has 0 atom stereocenters. The first-order valence-corrected chi connectivity index (χ1v) is 7.83. The van der Waals surface area contributed by atoms with Crippen LogP contribution in [0.1, 0.15) is 51.0 Å². The summed E-state index contributed by atoms with van der Waals surface area (Å²) in [6.45, 7) is 4.07. The molecule has 2 nitrogen and oxygen atoms in total. The molecule has 106 valence electrons. The zero-order chi connectivity index (χ0) is 13.3. The van der Waals surface area contributed by atoms with Crippen molar-refractivity contribution in [1.82, 2.24) is 5.32 Å². The molecule has 1 aliphatic carbocycles. The third kappa shape index (κ3) is 5.23. The predicted molar refractivity (Wildman–Crippen MR) is 80.8 cm³/mol. The van der Waals surface area contributed by atoms with Crippen LogP contribution in [0.5, 0.6) is 5.75 Å². The summed E-state index contributed by atoms with van der Waals surface area (Å²) in [6, 6.07) is 9.21. The molecule has 0 aliphatic heterocycles. The van der Waals surface area contributed by atoms with Gasteiger partial charge in [-0.05, 0) is 49.9 Å². The van der Waals surface area contributed by atoms with Crippen molar-refractivity contribution < 1.29 is 4.74 Å². The van der Waals surface area contributed by atoms with Gasteiger partial charge in [-0.15, -0.1) is 0 Å². The highest BCUT2D eigenvalue weighted by Gasteiger charge is 2.11. The van der Waals surface area contributed by atoms with Gasteiger partial charge in [0.2, 0.25) is 0 Å². The summed E-state index contributed by atoms with van der Waals surface area (Å²) < 4.78 is 5.75. The number of ether oxygens (including phenoxy) is 1.